The van der Waals surface area contributed by atoms with E-state index in [1.54, 1.807) is 0 Å². The molecule has 0 unspecified atom stereocenters. The quantitative estimate of drug-likeness (QED) is 0.918. The molecule has 1 aromatic carbocycles. The highest BCUT2D eigenvalue weighted by Crippen LogP contribution is 2.23. The Kier molecular flexibility index (Phi) is 4.32. The smallest absolute Gasteiger partial charge is 0.161 e. The molecule has 4 heteroatoms. The molecular formula is C16H20FN3. The Morgan fingerprint density at radius 1 is 1.10 bits per heavy atom. The minimum Gasteiger partial charge on any atom is -0.370 e. The molecule has 0 saturated carbocycles. The highest BCUT2D eigenvalue weighted by atomic mass is 19.1. The van der Waals surface area contributed by atoms with E-state index < -0.39 is 0 Å². The van der Waals surface area contributed by atoms with Crippen molar-refractivity contribution in [3.05, 3.63) is 40.8 Å². The monoisotopic (exact) mass is 273 g/mol. The van der Waals surface area contributed by atoms with Gasteiger partial charge in [-0.3, -0.25) is 0 Å². The van der Waals surface area contributed by atoms with Gasteiger partial charge in [-0.25, -0.2) is 14.4 Å². The van der Waals surface area contributed by atoms with E-state index in [-0.39, 0.29) is 5.82 Å². The number of hydrogen-bond donors (Lipinski definition) is 1. The van der Waals surface area contributed by atoms with Gasteiger partial charge in [0.25, 0.3) is 0 Å². The van der Waals surface area contributed by atoms with Gasteiger partial charge in [0.2, 0.25) is 0 Å². The summed E-state index contributed by atoms with van der Waals surface area (Å²) in [6.45, 7) is 8.76. The molecule has 20 heavy (non-hydrogen) atoms. The minimum atomic E-state index is -0.257. The topological polar surface area (TPSA) is 37.8 Å². The number of nitrogens with zero attached hydrogens (tertiary/aromatic N) is 2. The first-order valence-corrected chi connectivity index (χ1v) is 6.94. The van der Waals surface area contributed by atoms with E-state index in [9.17, 15) is 4.39 Å². The summed E-state index contributed by atoms with van der Waals surface area (Å²) < 4.78 is 13.6. The first-order valence-electron chi connectivity index (χ1n) is 6.94. The summed E-state index contributed by atoms with van der Waals surface area (Å²) >= 11 is 0. The maximum Gasteiger partial charge on any atom is 0.161 e. The van der Waals surface area contributed by atoms with Crippen molar-refractivity contribution in [1.82, 2.24) is 9.97 Å². The van der Waals surface area contributed by atoms with Crippen LogP contribution in [0.4, 0.5) is 10.2 Å². The molecule has 0 fully saturated rings. The molecule has 1 N–H and O–H groups in total. The standard InChI is InChI=1S/C16H20FN3/c1-5-14-11(4)15(18-6-2)20-16(19-14)12-7-10(3)8-13(17)9-12/h7-9H,5-6H2,1-4H3,(H,18,19,20). The Balaban J connectivity index is 2.58. The Morgan fingerprint density at radius 2 is 1.85 bits per heavy atom. The van der Waals surface area contributed by atoms with E-state index in [0.29, 0.717) is 5.82 Å². The van der Waals surface area contributed by atoms with Crippen molar-refractivity contribution in [3.8, 4) is 11.4 Å². The molecule has 3 nitrogen and oxygen atoms in total. The summed E-state index contributed by atoms with van der Waals surface area (Å²) in [7, 11) is 0. The van der Waals surface area contributed by atoms with Crippen LogP contribution in [-0.2, 0) is 6.42 Å². The highest BCUT2D eigenvalue weighted by Gasteiger charge is 2.11. The third kappa shape index (κ3) is 2.95. The zero-order valence-corrected chi connectivity index (χ0v) is 12.4. The van der Waals surface area contributed by atoms with Gasteiger partial charge in [0.1, 0.15) is 11.6 Å². The van der Waals surface area contributed by atoms with Gasteiger partial charge in [-0.05, 0) is 51.0 Å². The second-order valence-corrected chi connectivity index (χ2v) is 4.87. The van der Waals surface area contributed by atoms with Crippen LogP contribution in [0, 0.1) is 19.7 Å². The predicted molar refractivity (Wildman–Crippen MR) is 80.4 cm³/mol. The highest BCUT2D eigenvalue weighted by molar-refractivity contribution is 5.60. The maximum absolute atomic E-state index is 13.6. The van der Waals surface area contributed by atoms with E-state index >= 15 is 0 Å². The van der Waals surface area contributed by atoms with Crippen LogP contribution in [0.3, 0.4) is 0 Å². The normalized spacial score (nSPS) is 10.7. The Morgan fingerprint density at radius 3 is 2.45 bits per heavy atom. The molecule has 0 amide bonds. The van der Waals surface area contributed by atoms with Gasteiger partial charge in [0.15, 0.2) is 5.82 Å². The van der Waals surface area contributed by atoms with Crippen LogP contribution in [0.25, 0.3) is 11.4 Å². The first kappa shape index (κ1) is 14.4. The Bertz CT molecular complexity index is 603. The third-order valence-electron chi connectivity index (χ3n) is 3.23. The number of nitrogens with one attached hydrogen (secondary N) is 1. The van der Waals surface area contributed by atoms with E-state index in [0.717, 1.165) is 41.2 Å². The summed E-state index contributed by atoms with van der Waals surface area (Å²) in [5.41, 5.74) is 3.64. The number of benzene rings is 1. The van der Waals surface area contributed by atoms with Crippen LogP contribution in [0.1, 0.15) is 30.7 Å². The Hall–Kier alpha value is -1.97. The minimum absolute atomic E-state index is 0.257. The molecule has 0 bridgehead atoms. The summed E-state index contributed by atoms with van der Waals surface area (Å²) in [6, 6.07) is 4.89. The molecule has 1 aromatic heterocycles. The lowest BCUT2D eigenvalue weighted by molar-refractivity contribution is 0.627. The van der Waals surface area contributed by atoms with Gasteiger partial charge in [-0.2, -0.15) is 0 Å². The lowest BCUT2D eigenvalue weighted by Crippen LogP contribution is -2.07. The van der Waals surface area contributed by atoms with Gasteiger partial charge in [0.05, 0.1) is 0 Å². The molecule has 0 atom stereocenters. The molecule has 2 aromatic rings. The van der Waals surface area contributed by atoms with Gasteiger partial charge in [-0.1, -0.05) is 6.92 Å². The molecule has 1 heterocycles. The molecule has 2 rings (SSSR count). The SMILES string of the molecule is CCNc1nc(-c2cc(C)cc(F)c2)nc(CC)c1C. The zero-order chi connectivity index (χ0) is 14.7. The number of aromatic nitrogens is 2. The molecule has 0 aliphatic rings. The third-order valence-corrected chi connectivity index (χ3v) is 3.23. The lowest BCUT2D eigenvalue weighted by Gasteiger charge is -2.12. The summed E-state index contributed by atoms with van der Waals surface area (Å²) in [5, 5.41) is 3.25. The van der Waals surface area contributed by atoms with Crippen LogP contribution >= 0.6 is 0 Å². The number of halogens is 1. The van der Waals surface area contributed by atoms with Crippen LogP contribution in [0.15, 0.2) is 18.2 Å². The fourth-order valence-corrected chi connectivity index (χ4v) is 2.24. The van der Waals surface area contributed by atoms with Gasteiger partial charge >= 0.3 is 0 Å². The number of aryl methyl sites for hydroxylation is 2. The van der Waals surface area contributed by atoms with Crippen molar-refractivity contribution >= 4 is 5.82 Å². The summed E-state index contributed by atoms with van der Waals surface area (Å²) in [6.07, 6.45) is 0.827. The molecule has 0 radical (unpaired) electrons. The van der Waals surface area contributed by atoms with Crippen molar-refractivity contribution in [2.24, 2.45) is 0 Å². The zero-order valence-electron chi connectivity index (χ0n) is 12.4. The average Bonchev–Trinajstić information content (AvgIpc) is 2.40. The fraction of sp³-hybridized carbons (Fsp3) is 0.375. The predicted octanol–water partition coefficient (Wildman–Crippen LogP) is 3.89. The number of rotatable bonds is 4. The van der Waals surface area contributed by atoms with Gasteiger partial charge in [0, 0.05) is 23.4 Å². The van der Waals surface area contributed by atoms with Crippen molar-refractivity contribution in [2.75, 3.05) is 11.9 Å². The summed E-state index contributed by atoms with van der Waals surface area (Å²) in [4.78, 5) is 9.10. The van der Waals surface area contributed by atoms with Crippen LogP contribution < -0.4 is 5.32 Å². The second kappa shape index (κ2) is 5.99. The van der Waals surface area contributed by atoms with Crippen molar-refractivity contribution in [1.29, 1.82) is 0 Å². The van der Waals surface area contributed by atoms with Crippen LogP contribution in [0.5, 0.6) is 0 Å². The fourth-order valence-electron chi connectivity index (χ4n) is 2.24. The number of anilines is 1. The second-order valence-electron chi connectivity index (χ2n) is 4.87. The molecule has 0 spiro atoms. The van der Waals surface area contributed by atoms with E-state index in [4.69, 9.17) is 0 Å². The van der Waals surface area contributed by atoms with Crippen LogP contribution in [0.2, 0.25) is 0 Å². The van der Waals surface area contributed by atoms with Crippen LogP contribution in [-0.4, -0.2) is 16.5 Å². The van der Waals surface area contributed by atoms with Gasteiger partial charge in [-0.15, -0.1) is 0 Å². The van der Waals surface area contributed by atoms with Crippen molar-refractivity contribution < 1.29 is 4.39 Å². The summed E-state index contributed by atoms with van der Waals surface area (Å²) in [5.74, 6) is 1.15. The molecule has 106 valence electrons. The van der Waals surface area contributed by atoms with Crippen molar-refractivity contribution in [3.63, 3.8) is 0 Å². The first-order chi connectivity index (χ1) is 9.55. The van der Waals surface area contributed by atoms with E-state index in [2.05, 4.69) is 22.2 Å². The van der Waals surface area contributed by atoms with Gasteiger partial charge < -0.3 is 5.32 Å². The maximum atomic E-state index is 13.6. The molecule has 0 aliphatic carbocycles. The lowest BCUT2D eigenvalue weighted by atomic mass is 10.1. The van der Waals surface area contributed by atoms with E-state index in [1.807, 2.05) is 26.8 Å². The molecule has 0 saturated heterocycles. The van der Waals surface area contributed by atoms with Crippen molar-refractivity contribution in [2.45, 2.75) is 34.1 Å². The largest absolute Gasteiger partial charge is 0.370 e. The number of hydrogen-bond acceptors (Lipinski definition) is 3. The molecular weight excluding hydrogens is 253 g/mol. The molecule has 0 aliphatic heterocycles. The van der Waals surface area contributed by atoms with E-state index in [1.165, 1.54) is 12.1 Å². The average molecular weight is 273 g/mol. The Labute approximate surface area is 119 Å².